The first-order valence-electron chi connectivity index (χ1n) is 10.3. The first-order chi connectivity index (χ1) is 13.0. The van der Waals surface area contributed by atoms with Crippen LogP contribution in [0.25, 0.3) is 10.8 Å². The molecule has 142 valence electrons. The van der Waals surface area contributed by atoms with E-state index in [1.807, 2.05) is 18.2 Å². The van der Waals surface area contributed by atoms with E-state index in [0.717, 1.165) is 52.4 Å². The summed E-state index contributed by atoms with van der Waals surface area (Å²) >= 11 is 6.55. The lowest BCUT2D eigenvalue weighted by atomic mass is 9.46. The normalized spacial score (nSPS) is 39.9. The van der Waals surface area contributed by atoms with Crippen molar-refractivity contribution in [3.63, 3.8) is 0 Å². The highest BCUT2D eigenvalue weighted by Gasteiger charge is 2.65. The minimum atomic E-state index is -0.112. The van der Waals surface area contributed by atoms with Crippen LogP contribution in [-0.2, 0) is 0 Å². The predicted octanol–water partition coefficient (Wildman–Crippen LogP) is 4.19. The second-order valence-corrected chi connectivity index (χ2v) is 10.0. The van der Waals surface area contributed by atoms with Crippen LogP contribution >= 0.6 is 11.6 Å². The number of halogens is 1. The molecule has 2 atom stereocenters. The minimum absolute atomic E-state index is 0.0543. The highest BCUT2D eigenvalue weighted by atomic mass is 35.5. The number of hydrogen-bond acceptors (Lipinski definition) is 3. The number of aromatic nitrogens is 1. The Balaban J connectivity index is 1.35. The summed E-state index contributed by atoms with van der Waals surface area (Å²) in [5.41, 5.74) is 7.00. The molecule has 1 aromatic heterocycles. The lowest BCUT2D eigenvalue weighted by molar-refractivity contribution is -0.603. The van der Waals surface area contributed by atoms with Crippen molar-refractivity contribution in [2.75, 3.05) is 0 Å². The Labute approximate surface area is 164 Å². The van der Waals surface area contributed by atoms with Crippen LogP contribution in [0.1, 0.15) is 44.9 Å². The Morgan fingerprint density at radius 1 is 1.07 bits per heavy atom. The number of nitrogens with two attached hydrogens (primary N) is 1. The molecule has 0 saturated heterocycles. The number of fused-ring (bicyclic) bond motifs is 1. The summed E-state index contributed by atoms with van der Waals surface area (Å²) in [6.07, 6.45) is 11.5. The summed E-state index contributed by atoms with van der Waals surface area (Å²) in [5, 5.41) is 13.9. The van der Waals surface area contributed by atoms with Gasteiger partial charge in [-0.05, 0) is 86.1 Å². The van der Waals surface area contributed by atoms with Gasteiger partial charge in [0.2, 0.25) is 0 Å². The van der Waals surface area contributed by atoms with Crippen molar-refractivity contribution in [3.8, 4) is 5.75 Å². The highest BCUT2D eigenvalue weighted by Crippen LogP contribution is 2.65. The number of nitrogens with zero attached hydrogens (tertiary/aromatic N) is 1. The van der Waals surface area contributed by atoms with E-state index in [4.69, 9.17) is 22.1 Å². The maximum Gasteiger partial charge on any atom is 0.188 e. The van der Waals surface area contributed by atoms with Gasteiger partial charge in [0.05, 0.1) is 5.02 Å². The lowest BCUT2D eigenvalue weighted by Crippen LogP contribution is -2.69. The molecule has 2 N–H and O–H groups in total. The lowest BCUT2D eigenvalue weighted by Gasteiger charge is -2.64. The van der Waals surface area contributed by atoms with Crippen molar-refractivity contribution < 1.29 is 9.47 Å². The fraction of sp³-hybridized carbons (Fsp3) is 0.591. The monoisotopic (exact) mass is 384 g/mol. The summed E-state index contributed by atoms with van der Waals surface area (Å²) in [7, 11) is 0. The molecule has 7 rings (SSSR count). The van der Waals surface area contributed by atoms with E-state index in [2.05, 4.69) is 0 Å². The van der Waals surface area contributed by atoms with Gasteiger partial charge in [0.15, 0.2) is 12.4 Å². The molecule has 2 unspecified atom stereocenters. The van der Waals surface area contributed by atoms with E-state index in [0.29, 0.717) is 16.9 Å². The molecule has 27 heavy (non-hydrogen) atoms. The van der Waals surface area contributed by atoms with Crippen LogP contribution in [0, 0.1) is 28.9 Å². The largest absolute Gasteiger partial charge is 0.619 e. The molecule has 0 spiro atoms. The molecule has 0 amide bonds. The first kappa shape index (κ1) is 16.4. The maximum atomic E-state index is 11.5. The molecule has 1 aromatic carbocycles. The number of rotatable bonds is 3. The van der Waals surface area contributed by atoms with Gasteiger partial charge in [0, 0.05) is 17.0 Å². The van der Waals surface area contributed by atoms with Crippen LogP contribution < -0.4 is 15.2 Å². The van der Waals surface area contributed by atoms with E-state index in [1.165, 1.54) is 31.9 Å². The van der Waals surface area contributed by atoms with Crippen LogP contribution in [0.15, 0.2) is 30.6 Å². The van der Waals surface area contributed by atoms with Gasteiger partial charge in [-0.3, -0.25) is 0 Å². The minimum Gasteiger partial charge on any atom is -0.619 e. The molecule has 1 heterocycles. The quantitative estimate of drug-likeness (QED) is 0.637. The number of hydrogen-bond donors (Lipinski definition) is 1. The number of ether oxygens (including phenoxy) is 1. The zero-order valence-corrected chi connectivity index (χ0v) is 16.1. The summed E-state index contributed by atoms with van der Waals surface area (Å²) in [6, 6.07) is 5.66. The summed E-state index contributed by atoms with van der Waals surface area (Å²) in [5.74, 6) is 3.43. The van der Waals surface area contributed by atoms with Crippen molar-refractivity contribution >= 4 is 22.4 Å². The summed E-state index contributed by atoms with van der Waals surface area (Å²) in [6.45, 7) is 0. The van der Waals surface area contributed by atoms with Crippen LogP contribution in [0.2, 0.25) is 5.02 Å². The predicted molar refractivity (Wildman–Crippen MR) is 104 cm³/mol. The van der Waals surface area contributed by atoms with E-state index >= 15 is 0 Å². The second kappa shape index (κ2) is 5.30. The molecule has 5 saturated carbocycles. The average Bonchev–Trinajstić information content (AvgIpc) is 3.45. The SMILES string of the molecule is NC1(C2CC2)C2CC3CC1CC(Oc1cc4cc[n+]([O-])cc4cc1Cl)(C3)C2. The molecular weight excluding hydrogens is 360 g/mol. The zero-order valence-electron chi connectivity index (χ0n) is 15.4. The van der Waals surface area contributed by atoms with Crippen molar-refractivity contribution in [3.05, 3.63) is 40.8 Å². The van der Waals surface area contributed by atoms with Gasteiger partial charge in [0.25, 0.3) is 0 Å². The average molecular weight is 385 g/mol. The molecular formula is C22H25ClN2O2. The van der Waals surface area contributed by atoms with Crippen LogP contribution in [-0.4, -0.2) is 11.1 Å². The van der Waals surface area contributed by atoms with Crippen LogP contribution in [0.4, 0.5) is 0 Å². The standard InChI is InChI=1S/C22H25ClN2O2/c23-19-7-15-12-25(26)4-3-14(15)8-20(19)27-21-9-13-5-17(10-21)22(24,16-1-2-16)18(6-13)11-21/h3-4,7-8,12-13,16-18H,1-2,5-6,9-11,24H2. The molecule has 4 bridgehead atoms. The Hall–Kier alpha value is -1.52. The van der Waals surface area contributed by atoms with E-state index in [9.17, 15) is 5.21 Å². The summed E-state index contributed by atoms with van der Waals surface area (Å²) < 4.78 is 7.51. The number of benzene rings is 1. The Morgan fingerprint density at radius 2 is 1.81 bits per heavy atom. The Morgan fingerprint density at radius 3 is 2.52 bits per heavy atom. The van der Waals surface area contributed by atoms with Gasteiger partial charge in [-0.25, -0.2) is 0 Å². The highest BCUT2D eigenvalue weighted by molar-refractivity contribution is 6.32. The first-order valence-corrected chi connectivity index (χ1v) is 10.6. The molecule has 4 nitrogen and oxygen atoms in total. The van der Waals surface area contributed by atoms with Crippen LogP contribution in [0.3, 0.4) is 0 Å². The maximum absolute atomic E-state index is 11.5. The summed E-state index contributed by atoms with van der Waals surface area (Å²) in [4.78, 5) is 0. The molecule has 5 aliphatic rings. The van der Waals surface area contributed by atoms with Gasteiger partial charge in [0.1, 0.15) is 11.4 Å². The van der Waals surface area contributed by atoms with E-state index in [-0.39, 0.29) is 11.1 Å². The molecule has 2 aromatic rings. The van der Waals surface area contributed by atoms with Crippen molar-refractivity contribution in [2.24, 2.45) is 29.4 Å². The zero-order chi connectivity index (χ0) is 18.4. The van der Waals surface area contributed by atoms with Gasteiger partial charge in [-0.1, -0.05) is 11.6 Å². The third kappa shape index (κ3) is 2.35. The van der Waals surface area contributed by atoms with Crippen molar-refractivity contribution in [1.82, 2.24) is 0 Å². The van der Waals surface area contributed by atoms with Gasteiger partial charge < -0.3 is 15.7 Å². The molecule has 5 aliphatic carbocycles. The van der Waals surface area contributed by atoms with Crippen molar-refractivity contribution in [1.29, 1.82) is 0 Å². The molecule has 0 aliphatic heterocycles. The Bertz CT molecular complexity index is 925. The number of pyridine rings is 1. The van der Waals surface area contributed by atoms with Crippen LogP contribution in [0.5, 0.6) is 5.75 Å². The molecule has 5 fully saturated rings. The third-order valence-corrected chi connectivity index (χ3v) is 8.26. The fourth-order valence-corrected chi connectivity index (χ4v) is 7.08. The van der Waals surface area contributed by atoms with Gasteiger partial charge in [-0.2, -0.15) is 4.73 Å². The van der Waals surface area contributed by atoms with E-state index < -0.39 is 0 Å². The van der Waals surface area contributed by atoms with E-state index in [1.54, 1.807) is 6.20 Å². The smallest absolute Gasteiger partial charge is 0.188 e. The van der Waals surface area contributed by atoms with Crippen molar-refractivity contribution in [2.45, 2.75) is 56.1 Å². The second-order valence-electron chi connectivity index (χ2n) is 9.62. The van der Waals surface area contributed by atoms with Gasteiger partial charge in [-0.15, -0.1) is 0 Å². The fourth-order valence-electron chi connectivity index (χ4n) is 6.86. The topological polar surface area (TPSA) is 62.2 Å². The molecule has 0 radical (unpaired) electrons. The molecule has 5 heteroatoms. The Kier molecular flexibility index (Phi) is 3.22. The third-order valence-electron chi connectivity index (χ3n) is 7.96. The van der Waals surface area contributed by atoms with Gasteiger partial charge >= 0.3 is 0 Å².